The molecule has 15 nitrogen and oxygen atoms in total. The van der Waals surface area contributed by atoms with Crippen LogP contribution in [0, 0.1) is 10.1 Å². The van der Waals surface area contributed by atoms with Crippen LogP contribution in [0.2, 0.25) is 0 Å². The second kappa shape index (κ2) is 13.9. The average Bonchev–Trinajstić information content (AvgIpc) is 3.64. The number of non-ortho nitro benzene ring substituents is 1. The average molecular weight is 633 g/mol. The number of ether oxygens (including phenoxy) is 3. The molecule has 0 aliphatic carbocycles. The molecular weight excluding hydrogens is 604 g/mol. The maximum absolute atomic E-state index is 13.8. The molecule has 0 radical (unpaired) electrons. The van der Waals surface area contributed by atoms with Gasteiger partial charge in [-0.25, -0.2) is 9.59 Å². The van der Waals surface area contributed by atoms with Gasteiger partial charge in [0.05, 0.1) is 11.3 Å². The molecule has 15 heteroatoms. The van der Waals surface area contributed by atoms with E-state index in [1.54, 1.807) is 60.7 Å². The monoisotopic (exact) mass is 632 g/mol. The Morgan fingerprint density at radius 1 is 0.978 bits per heavy atom. The van der Waals surface area contributed by atoms with Gasteiger partial charge in [-0.1, -0.05) is 60.7 Å². The summed E-state index contributed by atoms with van der Waals surface area (Å²) >= 11 is 0. The number of hydrogen-bond acceptors (Lipinski definition) is 11. The molecule has 0 spiro atoms. The Morgan fingerprint density at radius 3 is 2.17 bits per heavy atom. The zero-order chi connectivity index (χ0) is 32.7. The van der Waals surface area contributed by atoms with E-state index in [1.807, 2.05) is 0 Å². The van der Waals surface area contributed by atoms with E-state index >= 15 is 0 Å². The van der Waals surface area contributed by atoms with E-state index < -0.39 is 59.2 Å². The van der Waals surface area contributed by atoms with Crippen LogP contribution >= 0.6 is 0 Å². The molecule has 2 saturated heterocycles. The molecule has 2 atom stereocenters. The fourth-order valence-electron chi connectivity index (χ4n) is 4.84. The summed E-state index contributed by atoms with van der Waals surface area (Å²) in [7, 11) is 0. The van der Waals surface area contributed by atoms with E-state index in [0.717, 1.165) is 0 Å². The summed E-state index contributed by atoms with van der Waals surface area (Å²) in [5.41, 5.74) is -0.586. The third-order valence-corrected chi connectivity index (χ3v) is 7.14. The summed E-state index contributed by atoms with van der Waals surface area (Å²) < 4.78 is 16.3. The van der Waals surface area contributed by atoms with Gasteiger partial charge in [0.2, 0.25) is 5.91 Å². The molecule has 2 aliphatic rings. The molecule has 0 bridgehead atoms. The van der Waals surface area contributed by atoms with Crippen molar-refractivity contribution in [2.75, 3.05) is 13.2 Å². The first-order valence-electron chi connectivity index (χ1n) is 14.1. The van der Waals surface area contributed by atoms with Crippen molar-refractivity contribution in [3.63, 3.8) is 0 Å². The minimum Gasteiger partial charge on any atom is -0.448 e. The number of nitro groups is 1. The summed E-state index contributed by atoms with van der Waals surface area (Å²) in [6.45, 7) is -1.16. The van der Waals surface area contributed by atoms with Crippen LogP contribution < -0.4 is 10.6 Å². The van der Waals surface area contributed by atoms with Crippen LogP contribution in [0.1, 0.15) is 35.6 Å². The Labute approximate surface area is 261 Å². The van der Waals surface area contributed by atoms with Crippen LogP contribution in [0.3, 0.4) is 0 Å². The van der Waals surface area contributed by atoms with Gasteiger partial charge in [0.15, 0.2) is 6.10 Å². The molecule has 3 amide bonds. The van der Waals surface area contributed by atoms with Gasteiger partial charge < -0.3 is 24.8 Å². The van der Waals surface area contributed by atoms with Crippen LogP contribution in [-0.4, -0.2) is 64.8 Å². The highest BCUT2D eigenvalue weighted by atomic mass is 16.8. The van der Waals surface area contributed by atoms with Gasteiger partial charge in [-0.3, -0.25) is 29.3 Å². The Bertz CT molecular complexity index is 1580. The lowest BCUT2D eigenvalue weighted by molar-refractivity contribution is -0.384. The standard InChI is InChI=1S/C31H28N4O11/c36-25(17-32-30(40)43-18-20-11-13-23(14-12-20)35(41)42)33-24-19-44-34(28(24)38)31(16-15-26(37)46-31)29(39)45-27(21-7-3-1-4-8-21)22-9-5-2-6-10-22/h1-14,24,27H,15-19H2,(H,32,40)(H,33,36). The highest BCUT2D eigenvalue weighted by Crippen LogP contribution is 2.37. The van der Waals surface area contributed by atoms with Crippen LogP contribution in [0.4, 0.5) is 10.5 Å². The minimum absolute atomic E-state index is 0.119. The molecule has 238 valence electrons. The van der Waals surface area contributed by atoms with Gasteiger partial charge in [-0.2, -0.15) is 5.06 Å². The van der Waals surface area contributed by atoms with Crippen LogP contribution in [0.25, 0.3) is 0 Å². The lowest BCUT2D eigenvalue weighted by atomic mass is 10.0. The second-order valence-corrected chi connectivity index (χ2v) is 10.3. The van der Waals surface area contributed by atoms with Crippen LogP contribution in [0.15, 0.2) is 84.9 Å². The summed E-state index contributed by atoms with van der Waals surface area (Å²) in [5.74, 6) is -3.41. The van der Waals surface area contributed by atoms with Crippen molar-refractivity contribution in [3.8, 4) is 0 Å². The molecule has 5 rings (SSSR count). The third-order valence-electron chi connectivity index (χ3n) is 7.14. The number of carbonyl (C=O) groups excluding carboxylic acids is 5. The van der Waals surface area contributed by atoms with E-state index in [0.29, 0.717) is 21.8 Å². The second-order valence-electron chi connectivity index (χ2n) is 10.3. The van der Waals surface area contributed by atoms with E-state index in [9.17, 15) is 34.1 Å². The van der Waals surface area contributed by atoms with Gasteiger partial charge >= 0.3 is 23.8 Å². The minimum atomic E-state index is -2.23. The van der Waals surface area contributed by atoms with Gasteiger partial charge in [-0.15, -0.1) is 0 Å². The molecule has 0 saturated carbocycles. The number of rotatable bonds is 11. The maximum atomic E-state index is 13.8. The van der Waals surface area contributed by atoms with Gasteiger partial charge in [0.1, 0.15) is 25.8 Å². The lowest BCUT2D eigenvalue weighted by Gasteiger charge is -2.34. The number of nitro benzene ring substituents is 1. The van der Waals surface area contributed by atoms with Crippen molar-refractivity contribution in [1.29, 1.82) is 0 Å². The van der Waals surface area contributed by atoms with Crippen molar-refractivity contribution in [3.05, 3.63) is 112 Å². The van der Waals surface area contributed by atoms with Gasteiger partial charge in [0, 0.05) is 18.6 Å². The summed E-state index contributed by atoms with van der Waals surface area (Å²) in [6.07, 6.45) is -2.28. The van der Waals surface area contributed by atoms with E-state index in [-0.39, 0.29) is 31.7 Å². The lowest BCUT2D eigenvalue weighted by Crippen LogP contribution is -2.57. The largest absolute Gasteiger partial charge is 0.448 e. The molecule has 2 unspecified atom stereocenters. The van der Waals surface area contributed by atoms with E-state index in [2.05, 4.69) is 10.6 Å². The number of amides is 3. The number of benzene rings is 3. The highest BCUT2D eigenvalue weighted by molar-refractivity contribution is 5.95. The SMILES string of the molecule is O=C(CNC(=O)OCc1ccc([N+](=O)[O-])cc1)NC1CON(C2(C(=O)OC(c3ccccc3)c3ccccc3)CCC(=O)O2)C1=O. The highest BCUT2D eigenvalue weighted by Gasteiger charge is 2.60. The Morgan fingerprint density at radius 2 is 1.61 bits per heavy atom. The smallest absolute Gasteiger partial charge is 0.407 e. The predicted molar refractivity (Wildman–Crippen MR) is 155 cm³/mol. The predicted octanol–water partition coefficient (Wildman–Crippen LogP) is 2.45. The number of hydroxylamine groups is 2. The first-order valence-corrected chi connectivity index (χ1v) is 14.1. The number of hydrogen-bond donors (Lipinski definition) is 2. The van der Waals surface area contributed by atoms with Crippen molar-refractivity contribution in [2.45, 2.75) is 37.3 Å². The number of esters is 2. The number of cyclic esters (lactones) is 1. The molecule has 46 heavy (non-hydrogen) atoms. The van der Waals surface area contributed by atoms with Gasteiger partial charge in [0.25, 0.3) is 11.6 Å². The summed E-state index contributed by atoms with van der Waals surface area (Å²) in [5, 5.41) is 16.0. The molecule has 3 aromatic carbocycles. The van der Waals surface area contributed by atoms with Crippen molar-refractivity contribution >= 4 is 35.5 Å². The summed E-state index contributed by atoms with van der Waals surface area (Å²) in [4.78, 5) is 79.7. The fraction of sp³-hybridized carbons (Fsp3) is 0.258. The maximum Gasteiger partial charge on any atom is 0.407 e. The molecule has 2 aliphatic heterocycles. The zero-order valence-corrected chi connectivity index (χ0v) is 24.2. The van der Waals surface area contributed by atoms with Crippen molar-refractivity contribution < 1.29 is 47.9 Å². The normalized spacial score (nSPS) is 19.0. The van der Waals surface area contributed by atoms with Crippen molar-refractivity contribution in [1.82, 2.24) is 15.7 Å². The molecule has 0 aromatic heterocycles. The van der Waals surface area contributed by atoms with Crippen LogP contribution in [0.5, 0.6) is 0 Å². The first-order chi connectivity index (χ1) is 22.2. The molecule has 2 N–H and O–H groups in total. The summed E-state index contributed by atoms with van der Waals surface area (Å²) in [6, 6.07) is 21.9. The molecule has 3 aromatic rings. The third kappa shape index (κ3) is 7.10. The van der Waals surface area contributed by atoms with E-state index in [4.69, 9.17) is 19.0 Å². The van der Waals surface area contributed by atoms with Crippen LogP contribution in [-0.2, 0) is 44.8 Å². The first kappa shape index (κ1) is 31.6. The quantitative estimate of drug-likeness (QED) is 0.137. The Balaban J connectivity index is 1.19. The van der Waals surface area contributed by atoms with Crippen molar-refractivity contribution in [2.24, 2.45) is 0 Å². The number of nitrogens with zero attached hydrogens (tertiary/aromatic N) is 2. The Hall–Kier alpha value is -5.83. The topological polar surface area (TPSA) is 193 Å². The number of carbonyl (C=O) groups is 5. The molecule has 2 fully saturated rings. The number of alkyl carbamates (subject to hydrolysis) is 1. The Kier molecular flexibility index (Phi) is 9.52. The molecular formula is C31H28N4O11. The van der Waals surface area contributed by atoms with E-state index in [1.165, 1.54) is 24.3 Å². The molecule has 2 heterocycles. The zero-order valence-electron chi connectivity index (χ0n) is 24.2. The van der Waals surface area contributed by atoms with Gasteiger partial charge in [-0.05, 0) is 28.8 Å². The number of nitrogens with one attached hydrogen (secondary N) is 2. The fourth-order valence-corrected chi connectivity index (χ4v) is 4.84.